The summed E-state index contributed by atoms with van der Waals surface area (Å²) in [5.41, 5.74) is 0.952. The third-order valence-electron chi connectivity index (χ3n) is 3.09. The van der Waals surface area contributed by atoms with E-state index in [1.807, 2.05) is 12.1 Å². The summed E-state index contributed by atoms with van der Waals surface area (Å²) in [4.78, 5) is 8.27. The molecule has 0 aliphatic heterocycles. The van der Waals surface area contributed by atoms with Crippen LogP contribution in [0.15, 0.2) is 31.0 Å². The fraction of sp³-hybridized carbons (Fsp3) is 0.429. The molecule has 2 rings (SSSR count). The van der Waals surface area contributed by atoms with Crippen LogP contribution in [0.4, 0.5) is 5.69 Å². The molecule has 0 fully saturated rings. The van der Waals surface area contributed by atoms with E-state index in [0.717, 1.165) is 24.5 Å². The van der Waals surface area contributed by atoms with Gasteiger partial charge in [-0.3, -0.25) is 0 Å². The van der Waals surface area contributed by atoms with Crippen LogP contribution >= 0.6 is 0 Å². The Kier molecular flexibility index (Phi) is 4.31. The minimum Gasteiger partial charge on any atom is -0.381 e. The van der Waals surface area contributed by atoms with Crippen LogP contribution in [0.3, 0.4) is 0 Å². The Hall–Kier alpha value is -2.42. The highest BCUT2D eigenvalue weighted by molar-refractivity contribution is 5.56. The molecule has 6 heteroatoms. The van der Waals surface area contributed by atoms with Crippen molar-refractivity contribution in [3.63, 3.8) is 0 Å². The summed E-state index contributed by atoms with van der Waals surface area (Å²) in [7, 11) is 0. The standard InChI is InChI=1S/C14H18N6/c1-14(2,6-4-7-15)9-18-12-5-3-8-17-13(12)20-11-16-10-19-20/h3,5,8,10-11,18H,4,6,9H2,1-2H3. The molecule has 2 aromatic heterocycles. The minimum absolute atomic E-state index is 0.0468. The van der Waals surface area contributed by atoms with Gasteiger partial charge in [-0.25, -0.2) is 14.6 Å². The van der Waals surface area contributed by atoms with Gasteiger partial charge >= 0.3 is 0 Å². The van der Waals surface area contributed by atoms with E-state index in [2.05, 4.69) is 40.3 Å². The third kappa shape index (κ3) is 3.54. The minimum atomic E-state index is 0.0468. The van der Waals surface area contributed by atoms with Gasteiger partial charge in [0.25, 0.3) is 0 Å². The van der Waals surface area contributed by atoms with Crippen LogP contribution in [0.25, 0.3) is 5.82 Å². The Balaban J connectivity index is 2.09. The van der Waals surface area contributed by atoms with Crippen LogP contribution in [-0.4, -0.2) is 26.3 Å². The number of hydrogen-bond acceptors (Lipinski definition) is 5. The Bertz CT molecular complexity index is 582. The third-order valence-corrected chi connectivity index (χ3v) is 3.09. The Morgan fingerprint density at radius 3 is 3.00 bits per heavy atom. The van der Waals surface area contributed by atoms with Crippen molar-refractivity contribution in [1.82, 2.24) is 19.7 Å². The monoisotopic (exact) mass is 270 g/mol. The molecule has 20 heavy (non-hydrogen) atoms. The van der Waals surface area contributed by atoms with Gasteiger partial charge in [0.2, 0.25) is 0 Å². The molecule has 1 N–H and O–H groups in total. The first-order valence-electron chi connectivity index (χ1n) is 6.53. The summed E-state index contributed by atoms with van der Waals surface area (Å²) in [6.07, 6.45) is 6.25. The van der Waals surface area contributed by atoms with Gasteiger partial charge < -0.3 is 5.32 Å². The second-order valence-corrected chi connectivity index (χ2v) is 5.39. The maximum Gasteiger partial charge on any atom is 0.178 e. The molecule has 6 nitrogen and oxygen atoms in total. The summed E-state index contributed by atoms with van der Waals surface area (Å²) < 4.78 is 1.63. The van der Waals surface area contributed by atoms with Crippen LogP contribution in [0.2, 0.25) is 0 Å². The topological polar surface area (TPSA) is 79.4 Å². The maximum absolute atomic E-state index is 8.69. The van der Waals surface area contributed by atoms with Crippen LogP contribution < -0.4 is 5.32 Å². The molecule has 0 unspecified atom stereocenters. The molecule has 0 aliphatic rings. The van der Waals surface area contributed by atoms with E-state index in [1.165, 1.54) is 6.33 Å². The van der Waals surface area contributed by atoms with Crippen molar-refractivity contribution >= 4 is 5.69 Å². The second-order valence-electron chi connectivity index (χ2n) is 5.39. The smallest absolute Gasteiger partial charge is 0.178 e. The number of nitrogens with zero attached hydrogens (tertiary/aromatic N) is 5. The SMILES string of the molecule is CC(C)(CCC#N)CNc1cccnc1-n1cncn1. The van der Waals surface area contributed by atoms with Crippen LogP contribution in [0.1, 0.15) is 26.7 Å². The fourth-order valence-corrected chi connectivity index (χ4v) is 1.85. The molecule has 0 saturated carbocycles. The lowest BCUT2D eigenvalue weighted by molar-refractivity contribution is 0.363. The number of rotatable bonds is 6. The van der Waals surface area contributed by atoms with Crippen molar-refractivity contribution in [1.29, 1.82) is 5.26 Å². The summed E-state index contributed by atoms with van der Waals surface area (Å²) in [5.74, 6) is 0.723. The largest absolute Gasteiger partial charge is 0.381 e. The van der Waals surface area contributed by atoms with Gasteiger partial charge in [0, 0.05) is 19.2 Å². The summed E-state index contributed by atoms with van der Waals surface area (Å²) >= 11 is 0. The number of aromatic nitrogens is 4. The highest BCUT2D eigenvalue weighted by Crippen LogP contribution is 2.24. The van der Waals surface area contributed by atoms with Gasteiger partial charge in [-0.15, -0.1) is 0 Å². The second kappa shape index (κ2) is 6.15. The summed E-state index contributed by atoms with van der Waals surface area (Å²) in [6, 6.07) is 6.04. The molecule has 2 heterocycles. The molecule has 0 saturated heterocycles. The van der Waals surface area contributed by atoms with Crippen molar-refractivity contribution in [2.24, 2.45) is 5.41 Å². The predicted octanol–water partition coefficient (Wildman–Crippen LogP) is 2.40. The highest BCUT2D eigenvalue weighted by Gasteiger charge is 2.18. The van der Waals surface area contributed by atoms with Gasteiger partial charge in [-0.1, -0.05) is 13.8 Å². The normalized spacial score (nSPS) is 11.1. The lowest BCUT2D eigenvalue weighted by atomic mass is 9.88. The van der Waals surface area contributed by atoms with E-state index in [-0.39, 0.29) is 5.41 Å². The Morgan fingerprint density at radius 1 is 1.45 bits per heavy atom. The van der Waals surface area contributed by atoms with Crippen molar-refractivity contribution in [2.75, 3.05) is 11.9 Å². The lowest BCUT2D eigenvalue weighted by Gasteiger charge is -2.24. The molecule has 0 spiro atoms. The lowest BCUT2D eigenvalue weighted by Crippen LogP contribution is -2.23. The maximum atomic E-state index is 8.69. The molecule has 0 aliphatic carbocycles. The van der Waals surface area contributed by atoms with Gasteiger partial charge in [0.1, 0.15) is 12.7 Å². The molecule has 0 amide bonds. The summed E-state index contributed by atoms with van der Waals surface area (Å²) in [5, 5.41) is 16.2. The first kappa shape index (κ1) is 14.0. The zero-order valence-corrected chi connectivity index (χ0v) is 11.7. The van der Waals surface area contributed by atoms with Crippen molar-refractivity contribution < 1.29 is 0 Å². The number of nitrogens with one attached hydrogen (secondary N) is 1. The average molecular weight is 270 g/mol. The molecule has 0 atom stereocenters. The fourth-order valence-electron chi connectivity index (χ4n) is 1.85. The zero-order chi connectivity index (χ0) is 14.4. The predicted molar refractivity (Wildman–Crippen MR) is 76.3 cm³/mol. The number of hydrogen-bond donors (Lipinski definition) is 1. The number of pyridine rings is 1. The number of anilines is 1. The molecule has 2 aromatic rings. The van der Waals surface area contributed by atoms with Crippen molar-refractivity contribution in [2.45, 2.75) is 26.7 Å². The van der Waals surface area contributed by atoms with E-state index >= 15 is 0 Å². The van der Waals surface area contributed by atoms with Crippen LogP contribution in [0.5, 0.6) is 0 Å². The van der Waals surface area contributed by atoms with E-state index in [4.69, 9.17) is 5.26 Å². The molecule has 0 bridgehead atoms. The van der Waals surface area contributed by atoms with Gasteiger partial charge in [-0.2, -0.15) is 10.4 Å². The molecule has 0 aromatic carbocycles. The number of nitriles is 1. The Morgan fingerprint density at radius 2 is 2.30 bits per heavy atom. The van der Waals surface area contributed by atoms with E-state index in [9.17, 15) is 0 Å². The highest BCUT2D eigenvalue weighted by atomic mass is 15.3. The van der Waals surface area contributed by atoms with E-state index < -0.39 is 0 Å². The van der Waals surface area contributed by atoms with E-state index in [0.29, 0.717) is 6.42 Å². The first-order valence-corrected chi connectivity index (χ1v) is 6.53. The quantitative estimate of drug-likeness (QED) is 0.871. The Labute approximate surface area is 118 Å². The van der Waals surface area contributed by atoms with Crippen LogP contribution in [0, 0.1) is 16.7 Å². The van der Waals surface area contributed by atoms with Crippen molar-refractivity contribution in [3.05, 3.63) is 31.0 Å². The molecular weight excluding hydrogens is 252 g/mol. The van der Waals surface area contributed by atoms with Gasteiger partial charge in [-0.05, 0) is 24.0 Å². The first-order chi connectivity index (χ1) is 9.62. The summed E-state index contributed by atoms with van der Waals surface area (Å²) in [6.45, 7) is 5.05. The molecular formula is C14H18N6. The van der Waals surface area contributed by atoms with E-state index in [1.54, 1.807) is 17.2 Å². The zero-order valence-electron chi connectivity index (χ0n) is 11.7. The van der Waals surface area contributed by atoms with Crippen LogP contribution in [-0.2, 0) is 0 Å². The molecule has 104 valence electrons. The van der Waals surface area contributed by atoms with Gasteiger partial charge in [0.15, 0.2) is 5.82 Å². The van der Waals surface area contributed by atoms with Gasteiger partial charge in [0.05, 0.1) is 11.8 Å². The molecule has 0 radical (unpaired) electrons. The van der Waals surface area contributed by atoms with Crippen molar-refractivity contribution in [3.8, 4) is 11.9 Å². The average Bonchev–Trinajstić information content (AvgIpc) is 2.97.